The number of halogens is 1. The number of esters is 1. The molecule has 5 heteroatoms. The Balaban J connectivity index is 0.00000200. The summed E-state index contributed by atoms with van der Waals surface area (Å²) >= 11 is 0. The van der Waals surface area contributed by atoms with Crippen LogP contribution in [0.3, 0.4) is 0 Å². The van der Waals surface area contributed by atoms with Crippen molar-refractivity contribution >= 4 is 18.4 Å². The van der Waals surface area contributed by atoms with Gasteiger partial charge in [0.15, 0.2) is 0 Å². The second-order valence-electron chi connectivity index (χ2n) is 5.05. The number of carbonyl (C=O) groups is 1. The van der Waals surface area contributed by atoms with Crippen molar-refractivity contribution < 1.29 is 9.53 Å². The quantitative estimate of drug-likeness (QED) is 0.814. The predicted molar refractivity (Wildman–Crippen MR) is 82.0 cm³/mol. The van der Waals surface area contributed by atoms with Crippen LogP contribution in [0.1, 0.15) is 18.9 Å². The molecule has 112 valence electrons. The molecule has 20 heavy (non-hydrogen) atoms. The van der Waals surface area contributed by atoms with E-state index in [9.17, 15) is 4.79 Å². The Morgan fingerprint density at radius 3 is 2.60 bits per heavy atom. The van der Waals surface area contributed by atoms with Crippen molar-refractivity contribution in [3.63, 3.8) is 0 Å². The molecule has 0 saturated carbocycles. The number of rotatable bonds is 6. The smallest absolute Gasteiger partial charge is 0.322 e. The normalized spacial score (nSPS) is 18.9. The Bertz CT molecular complexity index is 410. The fraction of sp³-hybridized carbons (Fsp3) is 0.533. The molecule has 4 nitrogen and oxygen atoms in total. The molecular formula is C15H23ClN2O2. The van der Waals surface area contributed by atoms with E-state index < -0.39 is 0 Å². The molecule has 0 aliphatic carbocycles. The molecule has 1 aliphatic rings. The number of methoxy groups -OCH3 is 1. The van der Waals surface area contributed by atoms with Crippen LogP contribution in [0, 0.1) is 0 Å². The van der Waals surface area contributed by atoms with Crippen molar-refractivity contribution in [2.75, 3.05) is 20.2 Å². The van der Waals surface area contributed by atoms with E-state index in [1.54, 1.807) is 0 Å². The van der Waals surface area contributed by atoms with Gasteiger partial charge in [-0.05, 0) is 25.5 Å². The molecule has 0 amide bonds. The lowest BCUT2D eigenvalue weighted by atomic mass is 10.1. The van der Waals surface area contributed by atoms with Gasteiger partial charge in [-0.25, -0.2) is 0 Å². The maximum atomic E-state index is 11.7. The minimum Gasteiger partial charge on any atom is -0.468 e. The molecule has 0 aromatic heterocycles. The standard InChI is InChI=1S/C15H22N2O2.ClH/c1-12(15(18)19-2)17(11-14-8-9-16-14)10-13-6-4-3-5-7-13;/h3-7,12,14,16H,8-11H2,1-2H3;1H/t12-,14?;/m0./s1. The Morgan fingerprint density at radius 2 is 2.10 bits per heavy atom. The summed E-state index contributed by atoms with van der Waals surface area (Å²) in [5, 5.41) is 3.38. The molecule has 0 bridgehead atoms. The third-order valence-corrected chi connectivity index (χ3v) is 3.70. The Hall–Kier alpha value is -1.10. The second kappa shape index (κ2) is 8.25. The van der Waals surface area contributed by atoms with E-state index in [4.69, 9.17) is 4.74 Å². The third kappa shape index (κ3) is 4.47. The van der Waals surface area contributed by atoms with E-state index in [-0.39, 0.29) is 24.4 Å². The van der Waals surface area contributed by atoms with Crippen LogP contribution in [-0.4, -0.2) is 43.2 Å². The van der Waals surface area contributed by atoms with Crippen molar-refractivity contribution in [1.29, 1.82) is 0 Å². The average Bonchev–Trinajstić information content (AvgIpc) is 2.40. The first-order chi connectivity index (χ1) is 9.20. The average molecular weight is 299 g/mol. The summed E-state index contributed by atoms with van der Waals surface area (Å²) in [6.07, 6.45) is 1.18. The zero-order valence-corrected chi connectivity index (χ0v) is 12.9. The number of nitrogens with one attached hydrogen (secondary N) is 1. The van der Waals surface area contributed by atoms with Gasteiger partial charge in [0.25, 0.3) is 0 Å². The number of nitrogens with zero attached hydrogens (tertiary/aromatic N) is 1. The molecule has 1 N–H and O–H groups in total. The van der Waals surface area contributed by atoms with Crippen molar-refractivity contribution in [3.8, 4) is 0 Å². The molecule has 0 radical (unpaired) electrons. The lowest BCUT2D eigenvalue weighted by Crippen LogP contribution is -2.53. The van der Waals surface area contributed by atoms with E-state index in [0.717, 1.165) is 19.6 Å². The molecule has 1 aromatic carbocycles. The topological polar surface area (TPSA) is 41.6 Å². The molecule has 1 heterocycles. The van der Waals surface area contributed by atoms with Gasteiger partial charge in [-0.1, -0.05) is 30.3 Å². The molecule has 1 aliphatic heterocycles. The summed E-state index contributed by atoms with van der Waals surface area (Å²) in [7, 11) is 1.45. The summed E-state index contributed by atoms with van der Waals surface area (Å²) < 4.78 is 4.86. The summed E-state index contributed by atoms with van der Waals surface area (Å²) in [5.74, 6) is -0.171. The van der Waals surface area contributed by atoms with Crippen LogP contribution in [0.5, 0.6) is 0 Å². The van der Waals surface area contributed by atoms with E-state index >= 15 is 0 Å². The van der Waals surface area contributed by atoms with Gasteiger partial charge in [0.1, 0.15) is 6.04 Å². The van der Waals surface area contributed by atoms with Crippen molar-refractivity contribution in [2.45, 2.75) is 32.0 Å². The lowest BCUT2D eigenvalue weighted by Gasteiger charge is -2.35. The fourth-order valence-electron chi connectivity index (χ4n) is 2.28. The van der Waals surface area contributed by atoms with Gasteiger partial charge in [0.2, 0.25) is 0 Å². The second-order valence-corrected chi connectivity index (χ2v) is 5.05. The summed E-state index contributed by atoms with van der Waals surface area (Å²) in [6.45, 7) is 4.64. The van der Waals surface area contributed by atoms with Crippen LogP contribution in [0.4, 0.5) is 0 Å². The van der Waals surface area contributed by atoms with Gasteiger partial charge in [0, 0.05) is 19.1 Å². The van der Waals surface area contributed by atoms with Crippen molar-refractivity contribution in [1.82, 2.24) is 10.2 Å². The number of carbonyl (C=O) groups excluding carboxylic acids is 1. The van der Waals surface area contributed by atoms with Crippen LogP contribution in [0.25, 0.3) is 0 Å². The van der Waals surface area contributed by atoms with Crippen LogP contribution in [-0.2, 0) is 16.1 Å². The highest BCUT2D eigenvalue weighted by Gasteiger charge is 2.27. The molecule has 1 unspecified atom stereocenters. The van der Waals surface area contributed by atoms with E-state index in [2.05, 4.69) is 22.3 Å². The number of ether oxygens (including phenoxy) is 1. The van der Waals surface area contributed by atoms with Crippen LogP contribution in [0.2, 0.25) is 0 Å². The van der Waals surface area contributed by atoms with Crippen molar-refractivity contribution in [3.05, 3.63) is 35.9 Å². The lowest BCUT2D eigenvalue weighted by molar-refractivity contribution is -0.146. The maximum absolute atomic E-state index is 11.7. The van der Waals surface area contributed by atoms with Crippen molar-refractivity contribution in [2.24, 2.45) is 0 Å². The first-order valence-corrected chi connectivity index (χ1v) is 6.80. The highest BCUT2D eigenvalue weighted by molar-refractivity contribution is 5.85. The van der Waals surface area contributed by atoms with Crippen LogP contribution < -0.4 is 5.32 Å². The fourth-order valence-corrected chi connectivity index (χ4v) is 2.28. The first kappa shape index (κ1) is 17.0. The van der Waals surface area contributed by atoms with Gasteiger partial charge < -0.3 is 10.1 Å². The van der Waals surface area contributed by atoms with Gasteiger partial charge >= 0.3 is 5.97 Å². The van der Waals surface area contributed by atoms with Crippen LogP contribution >= 0.6 is 12.4 Å². The zero-order chi connectivity index (χ0) is 13.7. The van der Waals surface area contributed by atoms with Gasteiger partial charge in [0.05, 0.1) is 7.11 Å². The molecule has 1 aromatic rings. The van der Waals surface area contributed by atoms with Gasteiger partial charge in [-0.3, -0.25) is 9.69 Å². The first-order valence-electron chi connectivity index (χ1n) is 6.80. The van der Waals surface area contributed by atoms with Gasteiger partial charge in [-0.2, -0.15) is 0 Å². The van der Waals surface area contributed by atoms with E-state index in [1.165, 1.54) is 19.1 Å². The number of hydrogen-bond acceptors (Lipinski definition) is 4. The molecule has 2 atom stereocenters. The predicted octanol–water partition coefficient (Wildman–Crippen LogP) is 1.83. The minimum absolute atomic E-state index is 0. The largest absolute Gasteiger partial charge is 0.468 e. The molecule has 0 spiro atoms. The minimum atomic E-state index is -0.215. The Labute approximate surface area is 126 Å². The highest BCUT2D eigenvalue weighted by atomic mass is 35.5. The van der Waals surface area contributed by atoms with Crippen LogP contribution in [0.15, 0.2) is 30.3 Å². The zero-order valence-electron chi connectivity index (χ0n) is 12.0. The molecule has 1 saturated heterocycles. The summed E-state index contributed by atoms with van der Waals surface area (Å²) in [5.41, 5.74) is 1.22. The SMILES string of the molecule is COC(=O)[C@H](C)N(Cc1ccccc1)CC1CCN1.Cl. The Morgan fingerprint density at radius 1 is 1.45 bits per heavy atom. The summed E-state index contributed by atoms with van der Waals surface area (Å²) in [6, 6.07) is 10.5. The number of hydrogen-bond donors (Lipinski definition) is 1. The van der Waals surface area contributed by atoms with Gasteiger partial charge in [-0.15, -0.1) is 12.4 Å². The molecule has 2 rings (SSSR count). The molecular weight excluding hydrogens is 276 g/mol. The monoisotopic (exact) mass is 298 g/mol. The Kier molecular flexibility index (Phi) is 6.99. The van der Waals surface area contributed by atoms with E-state index in [1.807, 2.05) is 25.1 Å². The third-order valence-electron chi connectivity index (χ3n) is 3.70. The van der Waals surface area contributed by atoms with E-state index in [0.29, 0.717) is 6.04 Å². The number of benzene rings is 1. The highest BCUT2D eigenvalue weighted by Crippen LogP contribution is 2.13. The maximum Gasteiger partial charge on any atom is 0.322 e. The molecule has 1 fully saturated rings. The summed E-state index contributed by atoms with van der Waals surface area (Å²) in [4.78, 5) is 13.9.